The lowest BCUT2D eigenvalue weighted by Gasteiger charge is -1.90. The Bertz CT molecular complexity index is 659. The highest BCUT2D eigenvalue weighted by atomic mass is 32.1. The van der Waals surface area contributed by atoms with Crippen LogP contribution in [0.5, 0.6) is 0 Å². The second-order valence-electron chi connectivity index (χ2n) is 3.16. The van der Waals surface area contributed by atoms with Crippen molar-refractivity contribution in [2.45, 2.75) is 0 Å². The van der Waals surface area contributed by atoms with E-state index in [4.69, 9.17) is 5.73 Å². The highest BCUT2D eigenvalue weighted by molar-refractivity contribution is 7.20. The van der Waals surface area contributed by atoms with Gasteiger partial charge in [-0.1, -0.05) is 11.3 Å². The summed E-state index contributed by atoms with van der Waals surface area (Å²) in [7, 11) is 0. The lowest BCUT2D eigenvalue weighted by atomic mass is 10.4. The van der Waals surface area contributed by atoms with Crippen molar-refractivity contribution in [2.24, 2.45) is 0 Å². The van der Waals surface area contributed by atoms with Crippen LogP contribution in [-0.2, 0) is 0 Å². The van der Waals surface area contributed by atoms with Crippen molar-refractivity contribution in [2.75, 3.05) is 5.73 Å². The monoisotopic (exact) mass is 235 g/mol. The second-order valence-corrected chi connectivity index (χ2v) is 4.12. The van der Waals surface area contributed by atoms with Crippen LogP contribution in [0.15, 0.2) is 24.5 Å². The first-order chi connectivity index (χ1) is 7.72. The Morgan fingerprint density at radius 3 is 3.06 bits per heavy atom. The van der Waals surface area contributed by atoms with E-state index in [0.29, 0.717) is 21.3 Å². The van der Waals surface area contributed by atoms with Crippen LogP contribution in [0, 0.1) is 5.82 Å². The van der Waals surface area contributed by atoms with E-state index in [1.54, 1.807) is 16.9 Å². The largest absolute Gasteiger partial charge is 0.382 e. The fourth-order valence-corrected chi connectivity index (χ4v) is 2.16. The maximum Gasteiger partial charge on any atom is 0.212 e. The van der Waals surface area contributed by atoms with Gasteiger partial charge in [0.25, 0.3) is 0 Å². The Morgan fingerprint density at radius 2 is 2.31 bits per heavy atom. The third kappa shape index (κ3) is 1.41. The lowest BCUT2D eigenvalue weighted by molar-refractivity contribution is 0.624. The summed E-state index contributed by atoms with van der Waals surface area (Å²) in [5.74, 6) is 0.0164. The molecule has 0 amide bonds. The number of nitrogens with zero attached hydrogens (tertiary/aromatic N) is 4. The predicted molar refractivity (Wildman–Crippen MR) is 58.9 cm³/mol. The van der Waals surface area contributed by atoms with E-state index in [-0.39, 0.29) is 0 Å². The van der Waals surface area contributed by atoms with E-state index < -0.39 is 5.82 Å². The molecule has 3 aromatic heterocycles. The number of anilines is 1. The maximum absolute atomic E-state index is 12.9. The molecule has 0 fully saturated rings. The summed E-state index contributed by atoms with van der Waals surface area (Å²) in [4.78, 5) is 8.83. The Kier molecular flexibility index (Phi) is 1.87. The van der Waals surface area contributed by atoms with Crippen molar-refractivity contribution in [3.63, 3.8) is 0 Å². The molecule has 0 saturated heterocycles. The van der Waals surface area contributed by atoms with E-state index in [1.165, 1.54) is 23.6 Å². The molecule has 0 aliphatic rings. The van der Waals surface area contributed by atoms with E-state index in [9.17, 15) is 4.39 Å². The van der Waals surface area contributed by atoms with Crippen LogP contribution < -0.4 is 5.73 Å². The average Bonchev–Trinajstić information content (AvgIpc) is 2.83. The van der Waals surface area contributed by atoms with Gasteiger partial charge >= 0.3 is 0 Å². The minimum absolute atomic E-state index is 0.399. The number of thiazole rings is 1. The maximum atomic E-state index is 12.9. The fraction of sp³-hybridized carbons (Fsp3) is 0. The number of aromatic nitrogens is 4. The van der Waals surface area contributed by atoms with Crippen LogP contribution in [0.25, 0.3) is 15.5 Å². The van der Waals surface area contributed by atoms with Gasteiger partial charge in [0.2, 0.25) is 5.13 Å². The molecule has 0 spiro atoms. The standard InChI is InChI=1S/C9H6FN5S/c10-5-3-6-8(12-4-5)16-9(13-6)15-2-1-7(11)14-15/h1-4H,(H2,11,14). The normalized spacial score (nSPS) is 11.1. The molecule has 0 radical (unpaired) electrons. The van der Waals surface area contributed by atoms with Gasteiger partial charge in [-0.3, -0.25) is 0 Å². The summed E-state index contributed by atoms with van der Waals surface area (Å²) in [5, 5.41) is 4.64. The third-order valence-corrected chi connectivity index (χ3v) is 2.98. The van der Waals surface area contributed by atoms with Gasteiger partial charge in [0, 0.05) is 18.3 Å². The second kappa shape index (κ2) is 3.24. The van der Waals surface area contributed by atoms with Crippen LogP contribution in [0.4, 0.5) is 10.2 Å². The molecule has 5 nitrogen and oxygen atoms in total. The molecular weight excluding hydrogens is 229 g/mol. The van der Waals surface area contributed by atoms with Crippen molar-refractivity contribution >= 4 is 27.5 Å². The molecule has 80 valence electrons. The first-order valence-electron chi connectivity index (χ1n) is 4.46. The Hall–Kier alpha value is -2.02. The van der Waals surface area contributed by atoms with E-state index in [0.717, 1.165) is 0 Å². The fourth-order valence-electron chi connectivity index (χ4n) is 1.33. The summed E-state index contributed by atoms with van der Waals surface area (Å²) in [6.45, 7) is 0. The van der Waals surface area contributed by atoms with E-state index >= 15 is 0 Å². The highest BCUT2D eigenvalue weighted by Crippen LogP contribution is 2.23. The zero-order chi connectivity index (χ0) is 11.1. The predicted octanol–water partition coefficient (Wildman–Crippen LogP) is 1.60. The molecule has 16 heavy (non-hydrogen) atoms. The molecule has 0 aliphatic heterocycles. The lowest BCUT2D eigenvalue weighted by Crippen LogP contribution is -1.94. The number of halogens is 1. The van der Waals surface area contributed by atoms with Crippen LogP contribution in [0.2, 0.25) is 0 Å². The van der Waals surface area contributed by atoms with Crippen LogP contribution in [0.1, 0.15) is 0 Å². The highest BCUT2D eigenvalue weighted by Gasteiger charge is 2.08. The zero-order valence-corrected chi connectivity index (χ0v) is 8.78. The number of hydrogen-bond acceptors (Lipinski definition) is 5. The molecule has 0 bridgehead atoms. The van der Waals surface area contributed by atoms with E-state index in [1.807, 2.05) is 0 Å². The molecule has 3 heterocycles. The Labute approximate surface area is 93.4 Å². The molecule has 2 N–H and O–H groups in total. The molecule has 3 rings (SSSR count). The van der Waals surface area contributed by atoms with Gasteiger partial charge in [-0.15, -0.1) is 5.10 Å². The topological polar surface area (TPSA) is 69.6 Å². The molecule has 0 saturated carbocycles. The van der Waals surface area contributed by atoms with Gasteiger partial charge in [0.1, 0.15) is 22.0 Å². The molecular formula is C9H6FN5S. The number of hydrogen-bond donors (Lipinski definition) is 1. The number of fused-ring (bicyclic) bond motifs is 1. The smallest absolute Gasteiger partial charge is 0.212 e. The number of rotatable bonds is 1. The minimum Gasteiger partial charge on any atom is -0.382 e. The van der Waals surface area contributed by atoms with Gasteiger partial charge in [0.05, 0.1) is 6.20 Å². The summed E-state index contributed by atoms with van der Waals surface area (Å²) in [5.41, 5.74) is 6.03. The van der Waals surface area contributed by atoms with Crippen LogP contribution in [0.3, 0.4) is 0 Å². The number of nitrogen functional groups attached to an aromatic ring is 1. The van der Waals surface area contributed by atoms with Crippen molar-refractivity contribution in [1.82, 2.24) is 19.7 Å². The minimum atomic E-state index is -0.399. The van der Waals surface area contributed by atoms with Gasteiger partial charge in [-0.05, 0) is 0 Å². The summed E-state index contributed by atoms with van der Waals surface area (Å²) < 4.78 is 14.5. The van der Waals surface area contributed by atoms with Gasteiger partial charge in [0.15, 0.2) is 0 Å². The summed E-state index contributed by atoms with van der Waals surface area (Å²) >= 11 is 1.33. The molecule has 0 aromatic carbocycles. The van der Waals surface area contributed by atoms with Gasteiger partial charge in [-0.25, -0.2) is 19.0 Å². The van der Waals surface area contributed by atoms with Gasteiger partial charge in [-0.2, -0.15) is 0 Å². The van der Waals surface area contributed by atoms with Gasteiger partial charge < -0.3 is 5.73 Å². The zero-order valence-electron chi connectivity index (χ0n) is 7.96. The van der Waals surface area contributed by atoms with E-state index in [2.05, 4.69) is 15.1 Å². The van der Waals surface area contributed by atoms with Crippen molar-refractivity contribution < 1.29 is 4.39 Å². The Balaban J connectivity index is 2.18. The summed E-state index contributed by atoms with van der Waals surface area (Å²) in [6, 6.07) is 3.01. The van der Waals surface area contributed by atoms with Crippen LogP contribution in [-0.4, -0.2) is 19.7 Å². The van der Waals surface area contributed by atoms with Crippen molar-refractivity contribution in [1.29, 1.82) is 0 Å². The van der Waals surface area contributed by atoms with Crippen LogP contribution >= 0.6 is 11.3 Å². The molecule has 0 aliphatic carbocycles. The Morgan fingerprint density at radius 1 is 1.44 bits per heavy atom. The first kappa shape index (κ1) is 9.22. The molecule has 7 heteroatoms. The average molecular weight is 235 g/mol. The van der Waals surface area contributed by atoms with Crippen molar-refractivity contribution in [3.05, 3.63) is 30.3 Å². The quantitative estimate of drug-likeness (QED) is 0.695. The first-order valence-corrected chi connectivity index (χ1v) is 5.27. The summed E-state index contributed by atoms with van der Waals surface area (Å²) in [6.07, 6.45) is 2.87. The molecule has 0 unspecified atom stereocenters. The van der Waals surface area contributed by atoms with Crippen molar-refractivity contribution in [3.8, 4) is 5.13 Å². The third-order valence-electron chi connectivity index (χ3n) is 2.01. The molecule has 3 aromatic rings. The number of pyridine rings is 1. The number of nitrogens with two attached hydrogens (primary N) is 1. The molecule has 0 atom stereocenters. The SMILES string of the molecule is Nc1ccn(-c2nc3cc(F)cnc3s2)n1.